The molecule has 2 heterocycles. The van der Waals surface area contributed by atoms with Crippen molar-refractivity contribution in [1.82, 2.24) is 9.97 Å². The van der Waals surface area contributed by atoms with Gasteiger partial charge in [-0.25, -0.2) is 4.98 Å². The van der Waals surface area contributed by atoms with Crippen LogP contribution in [0.3, 0.4) is 0 Å². The molecule has 5 nitrogen and oxygen atoms in total. The lowest BCUT2D eigenvalue weighted by Crippen LogP contribution is -2.26. The second kappa shape index (κ2) is 6.26. The molecule has 0 saturated carbocycles. The summed E-state index contributed by atoms with van der Waals surface area (Å²) in [6.45, 7) is 1.80. The molecule has 1 amide bonds. The highest BCUT2D eigenvalue weighted by Crippen LogP contribution is 2.26. The van der Waals surface area contributed by atoms with Gasteiger partial charge >= 0.3 is 0 Å². The van der Waals surface area contributed by atoms with Gasteiger partial charge in [-0.1, -0.05) is 25.1 Å². The largest absolute Gasteiger partial charge is 0.300 e. The fourth-order valence-electron chi connectivity index (χ4n) is 2.22. The summed E-state index contributed by atoms with van der Waals surface area (Å²) in [5.74, 6) is 0.526. The Morgan fingerprint density at radius 2 is 1.91 bits per heavy atom. The Hall–Kier alpha value is -2.60. The third-order valence-corrected chi connectivity index (χ3v) is 4.57. The van der Waals surface area contributed by atoms with Gasteiger partial charge in [-0.2, -0.15) is 4.98 Å². The molecule has 0 unspecified atom stereocenters. The average molecular weight is 325 g/mol. The van der Waals surface area contributed by atoms with Crippen LogP contribution in [0.15, 0.2) is 47.3 Å². The topological polar surface area (TPSA) is 63.2 Å². The number of anilines is 1. The van der Waals surface area contributed by atoms with E-state index in [1.54, 1.807) is 32.2 Å². The number of nitrogens with zero attached hydrogens (tertiary/aromatic N) is 3. The molecule has 0 aliphatic heterocycles. The quantitative estimate of drug-likeness (QED) is 0.742. The van der Waals surface area contributed by atoms with Crippen molar-refractivity contribution in [3.05, 3.63) is 52.8 Å². The van der Waals surface area contributed by atoms with Crippen LogP contribution in [0.4, 0.5) is 5.82 Å². The molecule has 0 saturated heterocycles. The molecule has 0 fully saturated rings. The van der Waals surface area contributed by atoms with Gasteiger partial charge in [0.1, 0.15) is 16.5 Å². The minimum absolute atomic E-state index is 0.0192. The summed E-state index contributed by atoms with van der Waals surface area (Å²) in [6.07, 6.45) is 0.407. The predicted molar refractivity (Wildman–Crippen MR) is 92.8 cm³/mol. The van der Waals surface area contributed by atoms with Gasteiger partial charge in [0.2, 0.25) is 5.91 Å². The molecule has 3 aromatic rings. The van der Waals surface area contributed by atoms with Crippen molar-refractivity contribution in [3.63, 3.8) is 0 Å². The van der Waals surface area contributed by atoms with Gasteiger partial charge in [0.25, 0.3) is 5.56 Å². The Morgan fingerprint density at radius 3 is 2.70 bits per heavy atom. The van der Waals surface area contributed by atoms with E-state index in [4.69, 9.17) is 0 Å². The lowest BCUT2D eigenvalue weighted by molar-refractivity contribution is -0.118. The van der Waals surface area contributed by atoms with Crippen LogP contribution in [0, 0.1) is 0 Å². The van der Waals surface area contributed by atoms with E-state index in [2.05, 4.69) is 9.97 Å². The van der Waals surface area contributed by atoms with Crippen molar-refractivity contribution < 1.29 is 4.79 Å². The van der Waals surface area contributed by atoms with Crippen LogP contribution in [0.2, 0.25) is 0 Å². The molecule has 23 heavy (non-hydrogen) atoms. The zero-order valence-corrected chi connectivity index (χ0v) is 13.6. The van der Waals surface area contributed by atoms with Gasteiger partial charge in [0, 0.05) is 18.2 Å². The zero-order chi connectivity index (χ0) is 16.4. The van der Waals surface area contributed by atoms with Crippen LogP contribution in [0.5, 0.6) is 0 Å². The van der Waals surface area contributed by atoms with Gasteiger partial charge < -0.3 is 0 Å². The highest BCUT2D eigenvalue weighted by Gasteiger charge is 2.12. The van der Waals surface area contributed by atoms with Gasteiger partial charge in [0.15, 0.2) is 0 Å². The second-order valence-corrected chi connectivity index (χ2v) is 6.04. The van der Waals surface area contributed by atoms with Crippen molar-refractivity contribution >= 4 is 33.1 Å². The summed E-state index contributed by atoms with van der Waals surface area (Å²) in [7, 11) is 1.69. The molecule has 6 heteroatoms. The van der Waals surface area contributed by atoms with E-state index < -0.39 is 0 Å². The molecular formula is C17H15N3O2S. The van der Waals surface area contributed by atoms with Crippen molar-refractivity contribution in [2.45, 2.75) is 13.3 Å². The summed E-state index contributed by atoms with van der Waals surface area (Å²) in [5.41, 5.74) is 0.325. The van der Waals surface area contributed by atoms with E-state index in [0.29, 0.717) is 28.3 Å². The summed E-state index contributed by atoms with van der Waals surface area (Å²) in [5, 5.41) is 1.16. The summed E-state index contributed by atoms with van der Waals surface area (Å²) in [4.78, 5) is 34.1. The van der Waals surface area contributed by atoms with Gasteiger partial charge in [-0.05, 0) is 24.3 Å². The van der Waals surface area contributed by atoms with E-state index in [1.165, 1.54) is 16.2 Å². The minimum atomic E-state index is -0.264. The molecule has 0 atom stereocenters. The first kappa shape index (κ1) is 15.3. The SMILES string of the molecule is CCC(=O)N(C)c1cccc(-c2nc(=O)c3ccccc3s2)n1. The van der Waals surface area contributed by atoms with Crippen LogP contribution >= 0.6 is 11.3 Å². The monoisotopic (exact) mass is 325 g/mol. The first-order valence-electron chi connectivity index (χ1n) is 7.24. The number of rotatable bonds is 3. The average Bonchev–Trinajstić information content (AvgIpc) is 2.60. The number of benzene rings is 1. The molecule has 116 valence electrons. The smallest absolute Gasteiger partial charge is 0.279 e. The van der Waals surface area contributed by atoms with Crippen molar-refractivity contribution in [3.8, 4) is 10.7 Å². The standard InChI is InChI=1S/C17H15N3O2S/c1-3-15(21)20(2)14-10-6-8-12(18-14)17-19-16(22)11-7-4-5-9-13(11)23-17/h4-10H,3H2,1-2H3. The Balaban J connectivity index is 2.09. The maximum absolute atomic E-state index is 12.1. The van der Waals surface area contributed by atoms with E-state index in [1.807, 2.05) is 24.3 Å². The zero-order valence-electron chi connectivity index (χ0n) is 12.8. The number of fused-ring (bicyclic) bond motifs is 1. The first-order valence-corrected chi connectivity index (χ1v) is 8.05. The van der Waals surface area contributed by atoms with Crippen molar-refractivity contribution in [2.24, 2.45) is 0 Å². The molecule has 0 aliphatic carbocycles. The molecular weight excluding hydrogens is 310 g/mol. The Kier molecular flexibility index (Phi) is 4.16. The van der Waals surface area contributed by atoms with Crippen LogP contribution in [-0.4, -0.2) is 22.9 Å². The maximum atomic E-state index is 12.1. The number of amides is 1. The fraction of sp³-hybridized carbons (Fsp3) is 0.176. The number of pyridine rings is 1. The molecule has 2 aromatic heterocycles. The first-order chi connectivity index (χ1) is 11.1. The second-order valence-electron chi connectivity index (χ2n) is 5.01. The van der Waals surface area contributed by atoms with E-state index in [9.17, 15) is 9.59 Å². The lowest BCUT2D eigenvalue weighted by atomic mass is 10.3. The Labute approximate surface area is 137 Å². The maximum Gasteiger partial charge on any atom is 0.279 e. The van der Waals surface area contributed by atoms with Gasteiger partial charge in [0.05, 0.1) is 5.39 Å². The fourth-order valence-corrected chi connectivity index (χ4v) is 3.18. The van der Waals surface area contributed by atoms with Crippen molar-refractivity contribution in [2.75, 3.05) is 11.9 Å². The van der Waals surface area contributed by atoms with Crippen LogP contribution in [0.1, 0.15) is 13.3 Å². The Morgan fingerprint density at radius 1 is 1.13 bits per heavy atom. The number of hydrogen-bond acceptors (Lipinski definition) is 5. The molecule has 0 radical (unpaired) electrons. The summed E-state index contributed by atoms with van der Waals surface area (Å²) in [6, 6.07) is 12.7. The number of carbonyl (C=O) groups is 1. The predicted octanol–water partition coefficient (Wildman–Crippen LogP) is 3.09. The summed E-state index contributed by atoms with van der Waals surface area (Å²) < 4.78 is 0.868. The lowest BCUT2D eigenvalue weighted by Gasteiger charge is -2.15. The molecule has 0 spiro atoms. The number of hydrogen-bond donors (Lipinski definition) is 0. The summed E-state index contributed by atoms with van der Waals surface area (Å²) >= 11 is 1.41. The molecule has 0 N–H and O–H groups in total. The number of aromatic nitrogens is 2. The third-order valence-electron chi connectivity index (χ3n) is 3.50. The van der Waals surface area contributed by atoms with Crippen LogP contribution in [-0.2, 0) is 4.79 Å². The minimum Gasteiger partial charge on any atom is -0.300 e. The van der Waals surface area contributed by atoms with Gasteiger partial charge in [-0.15, -0.1) is 11.3 Å². The van der Waals surface area contributed by atoms with Gasteiger partial charge in [-0.3, -0.25) is 14.5 Å². The van der Waals surface area contributed by atoms with E-state index in [-0.39, 0.29) is 11.5 Å². The van der Waals surface area contributed by atoms with E-state index >= 15 is 0 Å². The molecule has 0 bridgehead atoms. The van der Waals surface area contributed by atoms with Crippen molar-refractivity contribution in [1.29, 1.82) is 0 Å². The highest BCUT2D eigenvalue weighted by molar-refractivity contribution is 7.21. The highest BCUT2D eigenvalue weighted by atomic mass is 32.1. The third kappa shape index (κ3) is 2.98. The molecule has 0 aliphatic rings. The number of carbonyl (C=O) groups excluding carboxylic acids is 1. The molecule has 3 rings (SSSR count). The Bertz CT molecular complexity index is 936. The molecule has 1 aromatic carbocycles. The van der Waals surface area contributed by atoms with E-state index in [0.717, 1.165) is 4.70 Å². The van der Waals surface area contributed by atoms with Crippen LogP contribution in [0.25, 0.3) is 20.8 Å². The van der Waals surface area contributed by atoms with Crippen LogP contribution < -0.4 is 10.5 Å². The normalized spacial score (nSPS) is 10.7.